The van der Waals surface area contributed by atoms with Gasteiger partial charge in [-0.15, -0.1) is 0 Å². The number of aromatic nitrogens is 1. The summed E-state index contributed by atoms with van der Waals surface area (Å²) in [5, 5.41) is 0. The molecule has 4 heteroatoms. The predicted octanol–water partition coefficient (Wildman–Crippen LogP) is 2.58. The van der Waals surface area contributed by atoms with Gasteiger partial charge in [-0.2, -0.15) is 0 Å². The van der Waals surface area contributed by atoms with Crippen LogP contribution in [0, 0.1) is 5.92 Å². The molecule has 1 aliphatic heterocycles. The molecule has 1 unspecified atom stereocenters. The molecule has 2 N–H and O–H groups in total. The second-order valence-corrected chi connectivity index (χ2v) is 5.63. The quantitative estimate of drug-likeness (QED) is 0.918. The number of nitrogens with zero attached hydrogens (tertiary/aromatic N) is 2. The molecule has 0 aromatic carbocycles. The number of nitrogens with two attached hydrogens (primary N) is 1. The normalized spacial score (nSPS) is 19.7. The Balaban J connectivity index is 1.97. The van der Waals surface area contributed by atoms with Gasteiger partial charge in [0.2, 0.25) is 0 Å². The van der Waals surface area contributed by atoms with Crippen LogP contribution < -0.4 is 5.73 Å². The van der Waals surface area contributed by atoms with E-state index in [1.54, 1.807) is 12.3 Å². The van der Waals surface area contributed by atoms with Crippen molar-refractivity contribution in [2.75, 3.05) is 13.1 Å². The zero-order chi connectivity index (χ0) is 14.4. The summed E-state index contributed by atoms with van der Waals surface area (Å²) < 4.78 is 0. The number of carbonyl (C=O) groups excluding carboxylic acids is 1. The van der Waals surface area contributed by atoms with Crippen molar-refractivity contribution < 1.29 is 4.79 Å². The largest absolute Gasteiger partial charge is 0.337 e. The molecule has 1 amide bonds. The third-order valence-corrected chi connectivity index (χ3v) is 4.11. The summed E-state index contributed by atoms with van der Waals surface area (Å²) in [6, 6.07) is 3.68. The lowest BCUT2D eigenvalue weighted by atomic mass is 9.96. The SMILES string of the molecule is CCCC1CCCN(C(=O)c2ccc(CN)cn2)CC1. The Morgan fingerprint density at radius 2 is 2.25 bits per heavy atom. The van der Waals surface area contributed by atoms with Crippen LogP contribution in [0.3, 0.4) is 0 Å². The minimum atomic E-state index is 0.0609. The molecule has 0 saturated carbocycles. The average molecular weight is 275 g/mol. The highest BCUT2D eigenvalue weighted by molar-refractivity contribution is 5.92. The molecule has 2 heterocycles. The van der Waals surface area contributed by atoms with Gasteiger partial charge in [0.15, 0.2) is 0 Å². The molecule has 0 aliphatic carbocycles. The van der Waals surface area contributed by atoms with Crippen molar-refractivity contribution in [3.05, 3.63) is 29.6 Å². The van der Waals surface area contributed by atoms with Crippen molar-refractivity contribution in [2.45, 2.75) is 45.6 Å². The smallest absolute Gasteiger partial charge is 0.272 e. The fourth-order valence-electron chi connectivity index (χ4n) is 2.90. The number of rotatable bonds is 4. The number of carbonyl (C=O) groups is 1. The lowest BCUT2D eigenvalue weighted by molar-refractivity contribution is 0.0754. The maximum Gasteiger partial charge on any atom is 0.272 e. The van der Waals surface area contributed by atoms with Gasteiger partial charge in [0.25, 0.3) is 5.91 Å². The molecule has 110 valence electrons. The molecule has 0 spiro atoms. The lowest BCUT2D eigenvalue weighted by Gasteiger charge is -2.20. The molecule has 1 saturated heterocycles. The first kappa shape index (κ1) is 15.0. The molecule has 1 aliphatic rings. The first-order valence-electron chi connectivity index (χ1n) is 7.69. The van der Waals surface area contributed by atoms with Crippen LogP contribution in [0.1, 0.15) is 55.1 Å². The number of amides is 1. The van der Waals surface area contributed by atoms with E-state index in [4.69, 9.17) is 5.73 Å². The Labute approximate surface area is 121 Å². The molecular weight excluding hydrogens is 250 g/mol. The van der Waals surface area contributed by atoms with Crippen molar-refractivity contribution in [3.63, 3.8) is 0 Å². The molecule has 1 atom stereocenters. The fraction of sp³-hybridized carbons (Fsp3) is 0.625. The number of pyridine rings is 1. The number of likely N-dealkylation sites (tertiary alicyclic amines) is 1. The van der Waals surface area contributed by atoms with Gasteiger partial charge >= 0.3 is 0 Å². The average Bonchev–Trinajstić information content (AvgIpc) is 2.73. The summed E-state index contributed by atoms with van der Waals surface area (Å²) in [6.07, 6.45) is 7.70. The van der Waals surface area contributed by atoms with Crippen LogP contribution in [-0.2, 0) is 6.54 Å². The van der Waals surface area contributed by atoms with Crippen LogP contribution in [0.5, 0.6) is 0 Å². The van der Waals surface area contributed by atoms with E-state index in [0.29, 0.717) is 12.2 Å². The molecule has 4 nitrogen and oxygen atoms in total. The van der Waals surface area contributed by atoms with Gasteiger partial charge in [-0.25, -0.2) is 0 Å². The van der Waals surface area contributed by atoms with Crippen LogP contribution in [0.25, 0.3) is 0 Å². The van der Waals surface area contributed by atoms with Gasteiger partial charge in [-0.05, 0) is 36.8 Å². The maximum absolute atomic E-state index is 12.4. The predicted molar refractivity (Wildman–Crippen MR) is 80.3 cm³/mol. The maximum atomic E-state index is 12.4. The highest BCUT2D eigenvalue weighted by Gasteiger charge is 2.21. The van der Waals surface area contributed by atoms with Crippen molar-refractivity contribution in [3.8, 4) is 0 Å². The fourth-order valence-corrected chi connectivity index (χ4v) is 2.90. The van der Waals surface area contributed by atoms with Crippen LogP contribution >= 0.6 is 0 Å². The zero-order valence-corrected chi connectivity index (χ0v) is 12.3. The Morgan fingerprint density at radius 3 is 2.90 bits per heavy atom. The molecule has 0 bridgehead atoms. The van der Waals surface area contributed by atoms with Crippen LogP contribution in [-0.4, -0.2) is 28.9 Å². The van der Waals surface area contributed by atoms with Gasteiger partial charge in [-0.3, -0.25) is 9.78 Å². The zero-order valence-electron chi connectivity index (χ0n) is 12.3. The number of hydrogen-bond donors (Lipinski definition) is 1. The van der Waals surface area contributed by atoms with Crippen molar-refractivity contribution in [1.82, 2.24) is 9.88 Å². The van der Waals surface area contributed by atoms with Gasteiger partial charge in [0.1, 0.15) is 5.69 Å². The molecule has 0 radical (unpaired) electrons. The number of hydrogen-bond acceptors (Lipinski definition) is 3. The third kappa shape index (κ3) is 3.79. The Bertz CT molecular complexity index is 430. The lowest BCUT2D eigenvalue weighted by Crippen LogP contribution is -2.32. The van der Waals surface area contributed by atoms with Crippen molar-refractivity contribution in [2.24, 2.45) is 11.7 Å². The summed E-state index contributed by atoms with van der Waals surface area (Å²) in [5.74, 6) is 0.844. The van der Waals surface area contributed by atoms with E-state index in [0.717, 1.165) is 37.4 Å². The first-order chi connectivity index (χ1) is 9.74. The van der Waals surface area contributed by atoms with E-state index in [1.807, 2.05) is 11.0 Å². The molecule has 1 fully saturated rings. The van der Waals surface area contributed by atoms with Gasteiger partial charge in [-0.1, -0.05) is 25.8 Å². The summed E-state index contributed by atoms with van der Waals surface area (Å²) >= 11 is 0. The second-order valence-electron chi connectivity index (χ2n) is 5.63. The summed E-state index contributed by atoms with van der Waals surface area (Å²) in [7, 11) is 0. The van der Waals surface area contributed by atoms with E-state index in [1.165, 1.54) is 19.3 Å². The van der Waals surface area contributed by atoms with Crippen LogP contribution in [0.15, 0.2) is 18.3 Å². The van der Waals surface area contributed by atoms with Crippen molar-refractivity contribution in [1.29, 1.82) is 0 Å². The van der Waals surface area contributed by atoms with E-state index >= 15 is 0 Å². The van der Waals surface area contributed by atoms with Gasteiger partial charge < -0.3 is 10.6 Å². The van der Waals surface area contributed by atoms with Crippen LogP contribution in [0.4, 0.5) is 0 Å². The minimum Gasteiger partial charge on any atom is -0.337 e. The van der Waals surface area contributed by atoms with Crippen LogP contribution in [0.2, 0.25) is 0 Å². The summed E-state index contributed by atoms with van der Waals surface area (Å²) in [6.45, 7) is 4.42. The Hall–Kier alpha value is -1.42. The highest BCUT2D eigenvalue weighted by atomic mass is 16.2. The van der Waals surface area contributed by atoms with E-state index in [-0.39, 0.29) is 5.91 Å². The Kier molecular flexibility index (Phi) is 5.53. The minimum absolute atomic E-state index is 0.0609. The first-order valence-corrected chi connectivity index (χ1v) is 7.69. The van der Waals surface area contributed by atoms with E-state index < -0.39 is 0 Å². The topological polar surface area (TPSA) is 59.2 Å². The standard InChI is InChI=1S/C16H25N3O/c1-2-4-13-5-3-9-19(10-8-13)16(20)15-7-6-14(11-17)12-18-15/h6-7,12-13H,2-5,8-11,17H2,1H3. The highest BCUT2D eigenvalue weighted by Crippen LogP contribution is 2.22. The second kappa shape index (κ2) is 7.39. The van der Waals surface area contributed by atoms with E-state index in [2.05, 4.69) is 11.9 Å². The van der Waals surface area contributed by atoms with E-state index in [9.17, 15) is 4.79 Å². The summed E-state index contributed by atoms with van der Waals surface area (Å²) in [4.78, 5) is 18.6. The summed E-state index contributed by atoms with van der Waals surface area (Å²) in [5.41, 5.74) is 7.04. The molecule has 20 heavy (non-hydrogen) atoms. The molecule has 2 rings (SSSR count). The Morgan fingerprint density at radius 1 is 1.40 bits per heavy atom. The molecule has 1 aromatic heterocycles. The molecule has 1 aromatic rings. The van der Waals surface area contributed by atoms with Crippen molar-refractivity contribution >= 4 is 5.91 Å². The van der Waals surface area contributed by atoms with Gasteiger partial charge in [0, 0.05) is 25.8 Å². The van der Waals surface area contributed by atoms with Gasteiger partial charge in [0.05, 0.1) is 0 Å². The molecular formula is C16H25N3O. The monoisotopic (exact) mass is 275 g/mol. The third-order valence-electron chi connectivity index (χ3n) is 4.11.